The Labute approximate surface area is 170 Å². The van der Waals surface area contributed by atoms with Gasteiger partial charge in [-0.15, -0.1) is 12.4 Å². The smallest absolute Gasteiger partial charge is 0.259 e. The Hall–Kier alpha value is -2.44. The van der Waals surface area contributed by atoms with Crippen LogP contribution in [0.1, 0.15) is 35.0 Å². The van der Waals surface area contributed by atoms with E-state index in [1.165, 1.54) is 5.56 Å². The summed E-state index contributed by atoms with van der Waals surface area (Å²) in [6.07, 6.45) is 0.925. The number of nitrogens with one attached hydrogen (secondary N) is 2. The lowest BCUT2D eigenvalue weighted by Crippen LogP contribution is -2.48. The fraction of sp³-hybridized carbons (Fsp3) is 0.381. The third kappa shape index (κ3) is 3.88. The first-order valence-corrected chi connectivity index (χ1v) is 9.38. The molecule has 2 N–H and O–H groups in total. The van der Waals surface area contributed by atoms with Crippen LogP contribution in [0.2, 0.25) is 0 Å². The summed E-state index contributed by atoms with van der Waals surface area (Å²) in [6, 6.07) is 10.1. The second-order valence-electron chi connectivity index (χ2n) is 7.42. The first-order chi connectivity index (χ1) is 13.0. The molecule has 7 heteroatoms. The van der Waals surface area contributed by atoms with Gasteiger partial charge in [0.25, 0.3) is 11.6 Å². The van der Waals surface area contributed by atoms with E-state index in [0.29, 0.717) is 34.0 Å². The third-order valence-corrected chi connectivity index (χ3v) is 5.31. The van der Waals surface area contributed by atoms with E-state index in [1.807, 2.05) is 44.2 Å². The van der Waals surface area contributed by atoms with E-state index < -0.39 is 0 Å². The van der Waals surface area contributed by atoms with Crippen LogP contribution in [0.15, 0.2) is 34.9 Å². The molecule has 2 unspecified atom stereocenters. The molecule has 6 nitrogen and oxygen atoms in total. The number of carbonyl (C=O) groups excluding carboxylic acids is 1. The molecule has 1 saturated heterocycles. The molecule has 3 aromatic rings. The molecule has 4 rings (SSSR count). The van der Waals surface area contributed by atoms with Gasteiger partial charge in [-0.3, -0.25) is 4.79 Å². The van der Waals surface area contributed by atoms with Gasteiger partial charge in [0.2, 0.25) is 0 Å². The highest BCUT2D eigenvalue weighted by Crippen LogP contribution is 2.27. The normalized spacial score (nSPS) is 19.2. The van der Waals surface area contributed by atoms with Gasteiger partial charge in [-0.25, -0.2) is 4.98 Å². The van der Waals surface area contributed by atoms with Crippen molar-refractivity contribution >= 4 is 29.4 Å². The number of hydrogen-bond donors (Lipinski definition) is 2. The van der Waals surface area contributed by atoms with Gasteiger partial charge < -0.3 is 15.2 Å². The maximum atomic E-state index is 13.1. The first-order valence-electron chi connectivity index (χ1n) is 9.38. The van der Waals surface area contributed by atoms with Crippen molar-refractivity contribution in [2.45, 2.75) is 33.2 Å². The first kappa shape index (κ1) is 20.3. The Bertz CT molecular complexity index is 984. The van der Waals surface area contributed by atoms with Crippen molar-refractivity contribution in [1.82, 2.24) is 20.8 Å². The van der Waals surface area contributed by atoms with Crippen molar-refractivity contribution in [2.75, 3.05) is 13.1 Å². The van der Waals surface area contributed by atoms with Crippen molar-refractivity contribution in [3.05, 3.63) is 47.2 Å². The summed E-state index contributed by atoms with van der Waals surface area (Å²) in [5.41, 5.74) is 4.47. The molecule has 0 saturated carbocycles. The van der Waals surface area contributed by atoms with E-state index in [9.17, 15) is 4.79 Å². The molecule has 1 fully saturated rings. The number of benzene rings is 1. The largest absolute Gasteiger partial charge is 0.349 e. The number of rotatable bonds is 3. The molecular weight excluding hydrogens is 376 g/mol. The molecular formula is C21H25ClN4O2. The van der Waals surface area contributed by atoms with Crippen molar-refractivity contribution < 1.29 is 9.32 Å². The molecule has 28 heavy (non-hydrogen) atoms. The number of nitrogens with zero attached hydrogens (tertiary/aromatic N) is 2. The van der Waals surface area contributed by atoms with Crippen LogP contribution in [0, 0.1) is 19.8 Å². The van der Waals surface area contributed by atoms with Gasteiger partial charge in [-0.1, -0.05) is 41.9 Å². The summed E-state index contributed by atoms with van der Waals surface area (Å²) in [4.78, 5) is 17.7. The lowest BCUT2D eigenvalue weighted by Gasteiger charge is -2.30. The molecule has 1 aromatic carbocycles. The number of aryl methyl sites for hydroxylation is 2. The minimum absolute atomic E-state index is 0. The summed E-state index contributed by atoms with van der Waals surface area (Å²) in [5, 5.41) is 11.3. The topological polar surface area (TPSA) is 80.0 Å². The van der Waals surface area contributed by atoms with Gasteiger partial charge in [0.1, 0.15) is 0 Å². The van der Waals surface area contributed by atoms with Crippen LogP contribution in [0.25, 0.3) is 22.4 Å². The second kappa shape index (κ2) is 8.29. The fourth-order valence-corrected chi connectivity index (χ4v) is 3.62. The highest BCUT2D eigenvalue weighted by molar-refractivity contribution is 6.07. The fourth-order valence-electron chi connectivity index (χ4n) is 3.62. The van der Waals surface area contributed by atoms with Crippen LogP contribution < -0.4 is 10.6 Å². The van der Waals surface area contributed by atoms with Crippen LogP contribution in [-0.4, -0.2) is 35.2 Å². The van der Waals surface area contributed by atoms with E-state index >= 15 is 0 Å². The van der Waals surface area contributed by atoms with E-state index in [0.717, 1.165) is 25.1 Å². The average Bonchev–Trinajstić information content (AvgIpc) is 3.04. The molecule has 0 radical (unpaired) electrons. The molecule has 2 atom stereocenters. The Morgan fingerprint density at radius 2 is 2.00 bits per heavy atom. The monoisotopic (exact) mass is 400 g/mol. The highest BCUT2D eigenvalue weighted by atomic mass is 35.5. The Balaban J connectivity index is 0.00000225. The summed E-state index contributed by atoms with van der Waals surface area (Å²) in [7, 11) is 0. The molecule has 148 valence electrons. The maximum Gasteiger partial charge on any atom is 0.259 e. The minimum atomic E-state index is -0.0965. The van der Waals surface area contributed by atoms with E-state index in [-0.39, 0.29) is 24.4 Å². The predicted octanol–water partition coefficient (Wildman–Crippen LogP) is 3.66. The standard InChI is InChI=1S/C21H24N4O2.ClH/c1-12-4-6-15(7-5-12)18-10-16(19-14(3)25-27-21(19)24-18)20(26)23-17-8-9-22-11-13(17)2;/h4-7,10,13,17,22H,8-9,11H2,1-3H3,(H,23,26);1H. The van der Waals surface area contributed by atoms with Gasteiger partial charge >= 0.3 is 0 Å². The van der Waals surface area contributed by atoms with Gasteiger partial charge in [0.15, 0.2) is 0 Å². The zero-order chi connectivity index (χ0) is 19.0. The number of hydrogen-bond acceptors (Lipinski definition) is 5. The summed E-state index contributed by atoms with van der Waals surface area (Å²) < 4.78 is 5.39. The Morgan fingerprint density at radius 1 is 1.25 bits per heavy atom. The number of halogens is 1. The number of fused-ring (bicyclic) bond motifs is 1. The quantitative estimate of drug-likeness (QED) is 0.701. The highest BCUT2D eigenvalue weighted by Gasteiger charge is 2.25. The summed E-state index contributed by atoms with van der Waals surface area (Å²) in [5.74, 6) is 0.293. The lowest BCUT2D eigenvalue weighted by molar-refractivity contribution is 0.0916. The molecule has 0 bridgehead atoms. The predicted molar refractivity (Wildman–Crippen MR) is 112 cm³/mol. The van der Waals surface area contributed by atoms with Crippen LogP contribution in [0.5, 0.6) is 0 Å². The Morgan fingerprint density at radius 3 is 2.71 bits per heavy atom. The van der Waals surface area contributed by atoms with Crippen molar-refractivity contribution in [3.63, 3.8) is 0 Å². The van der Waals surface area contributed by atoms with Crippen LogP contribution in [-0.2, 0) is 0 Å². The van der Waals surface area contributed by atoms with Crippen LogP contribution in [0.4, 0.5) is 0 Å². The molecule has 0 aliphatic carbocycles. The molecule has 2 aromatic heterocycles. The molecule has 1 aliphatic rings. The second-order valence-corrected chi connectivity index (χ2v) is 7.42. The van der Waals surface area contributed by atoms with Gasteiger partial charge in [-0.2, -0.15) is 0 Å². The maximum absolute atomic E-state index is 13.1. The van der Waals surface area contributed by atoms with Gasteiger partial charge in [0, 0.05) is 11.6 Å². The SMILES string of the molecule is Cc1ccc(-c2cc(C(=O)NC3CCNCC3C)c3c(C)noc3n2)cc1.Cl. The van der Waals surface area contributed by atoms with Gasteiger partial charge in [0.05, 0.1) is 22.3 Å². The number of pyridine rings is 1. The number of amides is 1. The zero-order valence-corrected chi connectivity index (χ0v) is 17.1. The number of aromatic nitrogens is 2. The third-order valence-electron chi connectivity index (χ3n) is 5.31. The molecule has 3 heterocycles. The van der Waals surface area contributed by atoms with Gasteiger partial charge in [-0.05, 0) is 45.3 Å². The summed E-state index contributed by atoms with van der Waals surface area (Å²) >= 11 is 0. The summed E-state index contributed by atoms with van der Waals surface area (Å²) in [6.45, 7) is 7.86. The van der Waals surface area contributed by atoms with E-state index in [4.69, 9.17) is 4.52 Å². The van der Waals surface area contributed by atoms with Crippen molar-refractivity contribution in [1.29, 1.82) is 0 Å². The number of piperidine rings is 1. The van der Waals surface area contributed by atoms with E-state index in [1.54, 1.807) is 0 Å². The minimum Gasteiger partial charge on any atom is -0.349 e. The Kier molecular flexibility index (Phi) is 6.01. The molecule has 0 spiro atoms. The average molecular weight is 401 g/mol. The van der Waals surface area contributed by atoms with Crippen LogP contribution in [0.3, 0.4) is 0 Å². The van der Waals surface area contributed by atoms with E-state index in [2.05, 4.69) is 27.7 Å². The lowest BCUT2D eigenvalue weighted by atomic mass is 9.94. The van der Waals surface area contributed by atoms with Crippen molar-refractivity contribution in [3.8, 4) is 11.3 Å². The van der Waals surface area contributed by atoms with Crippen molar-refractivity contribution in [2.24, 2.45) is 5.92 Å². The molecule has 1 amide bonds. The molecule has 1 aliphatic heterocycles. The van der Waals surface area contributed by atoms with Crippen LogP contribution >= 0.6 is 12.4 Å². The number of carbonyl (C=O) groups is 1. The zero-order valence-electron chi connectivity index (χ0n) is 16.3.